The summed E-state index contributed by atoms with van der Waals surface area (Å²) in [6, 6.07) is 23.4. The zero-order valence-electron chi connectivity index (χ0n) is 23.5. The van der Waals surface area contributed by atoms with Crippen molar-refractivity contribution in [3.63, 3.8) is 0 Å². The van der Waals surface area contributed by atoms with E-state index in [1.165, 1.54) is 56.7 Å². The largest absolute Gasteiger partial charge is 0.493 e. The molecular weight excluding hydrogens is 578 g/mol. The van der Waals surface area contributed by atoms with Gasteiger partial charge >= 0.3 is 0 Å². The molecule has 10 nitrogen and oxygen atoms in total. The standard InChI is InChI=1S/C30H31N3O7S2/c1-21-10-11-22(2)27(18-21)32-41(35,36)25-14-12-23(13-15-25)31-30(34)20-33(24-8-6-5-7-9-24)42(37,38)26-16-17-28(39-3)29(19-26)40-4/h5-19,32H,20H2,1-4H3,(H,31,34). The zero-order valence-corrected chi connectivity index (χ0v) is 25.1. The number of hydrogen-bond donors (Lipinski definition) is 2. The maximum atomic E-state index is 13.7. The van der Waals surface area contributed by atoms with Gasteiger partial charge in [0.05, 0.1) is 35.4 Å². The molecule has 0 aliphatic heterocycles. The number of ether oxygens (including phenoxy) is 2. The third-order valence-corrected chi connectivity index (χ3v) is 9.51. The number of amides is 1. The van der Waals surface area contributed by atoms with Crippen molar-refractivity contribution in [1.82, 2.24) is 0 Å². The number of carbonyl (C=O) groups is 1. The Morgan fingerprint density at radius 1 is 0.762 bits per heavy atom. The number of carbonyl (C=O) groups excluding carboxylic acids is 1. The van der Waals surface area contributed by atoms with E-state index in [-0.39, 0.29) is 21.2 Å². The predicted octanol–water partition coefficient (Wildman–Crippen LogP) is 4.96. The number of nitrogens with one attached hydrogen (secondary N) is 2. The Kier molecular flexibility index (Phi) is 9.08. The molecule has 4 rings (SSSR count). The van der Waals surface area contributed by atoms with Crippen molar-refractivity contribution in [3.05, 3.63) is 102 Å². The fourth-order valence-corrected chi connectivity index (χ4v) is 6.67. The molecule has 0 aliphatic carbocycles. The van der Waals surface area contributed by atoms with Crippen molar-refractivity contribution in [2.24, 2.45) is 0 Å². The topological polar surface area (TPSA) is 131 Å². The Bertz CT molecular complexity index is 1790. The first-order valence-corrected chi connectivity index (χ1v) is 15.7. The highest BCUT2D eigenvalue weighted by atomic mass is 32.2. The van der Waals surface area contributed by atoms with Crippen LogP contribution >= 0.6 is 0 Å². The van der Waals surface area contributed by atoms with Gasteiger partial charge in [-0.1, -0.05) is 30.3 Å². The van der Waals surface area contributed by atoms with Crippen LogP contribution in [-0.2, 0) is 24.8 Å². The molecule has 0 saturated heterocycles. The van der Waals surface area contributed by atoms with Gasteiger partial charge in [-0.15, -0.1) is 0 Å². The van der Waals surface area contributed by atoms with E-state index in [0.717, 1.165) is 15.4 Å². The van der Waals surface area contributed by atoms with Gasteiger partial charge in [0.15, 0.2) is 11.5 Å². The molecule has 0 fully saturated rings. The zero-order chi connectivity index (χ0) is 30.5. The molecule has 0 aliphatic rings. The van der Waals surface area contributed by atoms with Gasteiger partial charge in [-0.25, -0.2) is 16.8 Å². The summed E-state index contributed by atoms with van der Waals surface area (Å²) < 4.78 is 67.4. The molecular formula is C30H31N3O7S2. The highest BCUT2D eigenvalue weighted by Crippen LogP contribution is 2.32. The first-order valence-electron chi connectivity index (χ1n) is 12.7. The third-order valence-electron chi connectivity index (χ3n) is 6.36. The molecule has 0 unspecified atom stereocenters. The number of anilines is 3. The van der Waals surface area contributed by atoms with Crippen LogP contribution in [0.3, 0.4) is 0 Å². The lowest BCUT2D eigenvalue weighted by atomic mass is 10.1. The summed E-state index contributed by atoms with van der Waals surface area (Å²) in [6.45, 7) is 3.13. The van der Waals surface area contributed by atoms with E-state index >= 15 is 0 Å². The Morgan fingerprint density at radius 3 is 2.05 bits per heavy atom. The van der Waals surface area contributed by atoms with Crippen molar-refractivity contribution < 1.29 is 31.1 Å². The van der Waals surface area contributed by atoms with E-state index < -0.39 is 32.5 Å². The summed E-state index contributed by atoms with van der Waals surface area (Å²) in [6.07, 6.45) is 0. The van der Waals surface area contributed by atoms with Crippen LogP contribution in [0.2, 0.25) is 0 Å². The van der Waals surface area contributed by atoms with Gasteiger partial charge in [-0.2, -0.15) is 0 Å². The number of hydrogen-bond acceptors (Lipinski definition) is 7. The first kappa shape index (κ1) is 30.4. The SMILES string of the molecule is COc1ccc(S(=O)(=O)N(CC(=O)Nc2ccc(S(=O)(=O)Nc3cc(C)ccc3C)cc2)c2ccccc2)cc1OC. The van der Waals surface area contributed by atoms with Gasteiger partial charge in [0, 0.05) is 11.8 Å². The molecule has 0 atom stereocenters. The lowest BCUT2D eigenvalue weighted by molar-refractivity contribution is -0.114. The molecule has 0 saturated carbocycles. The van der Waals surface area contributed by atoms with Crippen molar-refractivity contribution in [2.45, 2.75) is 23.6 Å². The van der Waals surface area contributed by atoms with Crippen molar-refractivity contribution in [3.8, 4) is 11.5 Å². The minimum atomic E-state index is -4.21. The lowest BCUT2D eigenvalue weighted by Crippen LogP contribution is -2.38. The Labute approximate surface area is 246 Å². The van der Waals surface area contributed by atoms with E-state index in [9.17, 15) is 21.6 Å². The van der Waals surface area contributed by atoms with E-state index in [2.05, 4.69) is 10.0 Å². The lowest BCUT2D eigenvalue weighted by Gasteiger charge is -2.24. The number of sulfonamides is 2. The average molecular weight is 610 g/mol. The molecule has 12 heteroatoms. The van der Waals surface area contributed by atoms with Crippen LogP contribution < -0.4 is 23.8 Å². The van der Waals surface area contributed by atoms with Crippen LogP contribution in [0.15, 0.2) is 101 Å². The second-order valence-corrected chi connectivity index (χ2v) is 12.9. The van der Waals surface area contributed by atoms with E-state index in [4.69, 9.17) is 9.47 Å². The summed E-state index contributed by atoms with van der Waals surface area (Å²) in [4.78, 5) is 13.0. The van der Waals surface area contributed by atoms with Gasteiger partial charge in [0.2, 0.25) is 5.91 Å². The van der Waals surface area contributed by atoms with Crippen LogP contribution in [-0.4, -0.2) is 43.5 Å². The summed E-state index contributed by atoms with van der Waals surface area (Å²) >= 11 is 0. The molecule has 220 valence electrons. The van der Waals surface area contributed by atoms with E-state index in [0.29, 0.717) is 17.1 Å². The summed E-state index contributed by atoms with van der Waals surface area (Å²) in [5.41, 5.74) is 2.74. The van der Waals surface area contributed by atoms with Crippen LogP contribution in [0.25, 0.3) is 0 Å². The highest BCUT2D eigenvalue weighted by molar-refractivity contribution is 7.93. The average Bonchev–Trinajstić information content (AvgIpc) is 2.98. The highest BCUT2D eigenvalue weighted by Gasteiger charge is 2.28. The number of benzene rings is 4. The van der Waals surface area contributed by atoms with Crippen LogP contribution in [0, 0.1) is 13.8 Å². The molecule has 0 aromatic heterocycles. The van der Waals surface area contributed by atoms with Gasteiger partial charge in [-0.05, 0) is 79.6 Å². The summed E-state index contributed by atoms with van der Waals surface area (Å²) in [7, 11) is -5.26. The quantitative estimate of drug-likeness (QED) is 0.246. The fraction of sp³-hybridized carbons (Fsp3) is 0.167. The van der Waals surface area contributed by atoms with E-state index in [1.807, 2.05) is 19.1 Å². The van der Waals surface area contributed by atoms with Gasteiger partial charge in [0.25, 0.3) is 20.0 Å². The van der Waals surface area contributed by atoms with Gasteiger partial charge < -0.3 is 14.8 Å². The first-order chi connectivity index (χ1) is 19.9. The molecule has 0 radical (unpaired) electrons. The summed E-state index contributed by atoms with van der Waals surface area (Å²) in [5, 5.41) is 2.65. The molecule has 0 bridgehead atoms. The van der Waals surface area contributed by atoms with Crippen LogP contribution in [0.4, 0.5) is 17.1 Å². The number of rotatable bonds is 11. The minimum absolute atomic E-state index is 0.00310. The summed E-state index contributed by atoms with van der Waals surface area (Å²) in [5.74, 6) is -0.0553. The molecule has 4 aromatic rings. The third kappa shape index (κ3) is 6.84. The molecule has 0 spiro atoms. The Hall–Kier alpha value is -4.55. The fourth-order valence-electron chi connectivity index (χ4n) is 4.11. The maximum Gasteiger partial charge on any atom is 0.264 e. The Balaban J connectivity index is 1.55. The number of aryl methyl sites for hydroxylation is 2. The maximum absolute atomic E-state index is 13.7. The normalized spacial score (nSPS) is 11.4. The van der Waals surface area contributed by atoms with Gasteiger partial charge in [-0.3, -0.25) is 13.8 Å². The smallest absolute Gasteiger partial charge is 0.264 e. The molecule has 0 heterocycles. The second kappa shape index (κ2) is 12.5. The van der Waals surface area contributed by atoms with Crippen molar-refractivity contribution >= 4 is 43.0 Å². The predicted molar refractivity (Wildman–Crippen MR) is 162 cm³/mol. The van der Waals surface area contributed by atoms with Crippen molar-refractivity contribution in [2.75, 3.05) is 35.1 Å². The molecule has 2 N–H and O–H groups in total. The molecule has 1 amide bonds. The Morgan fingerprint density at radius 2 is 1.40 bits per heavy atom. The number of methoxy groups -OCH3 is 2. The molecule has 42 heavy (non-hydrogen) atoms. The van der Waals surface area contributed by atoms with Crippen LogP contribution in [0.5, 0.6) is 11.5 Å². The molecule has 4 aromatic carbocycles. The number of nitrogens with zero attached hydrogens (tertiary/aromatic N) is 1. The minimum Gasteiger partial charge on any atom is -0.493 e. The van der Waals surface area contributed by atoms with E-state index in [1.54, 1.807) is 43.3 Å². The second-order valence-electron chi connectivity index (χ2n) is 9.36. The van der Waals surface area contributed by atoms with Gasteiger partial charge in [0.1, 0.15) is 6.54 Å². The van der Waals surface area contributed by atoms with Crippen LogP contribution in [0.1, 0.15) is 11.1 Å². The number of para-hydroxylation sites is 1. The monoisotopic (exact) mass is 609 g/mol. The van der Waals surface area contributed by atoms with Crippen molar-refractivity contribution in [1.29, 1.82) is 0 Å².